The van der Waals surface area contributed by atoms with Gasteiger partial charge in [-0.3, -0.25) is 9.79 Å². The lowest BCUT2D eigenvalue weighted by Crippen LogP contribution is -2.37. The highest BCUT2D eigenvalue weighted by molar-refractivity contribution is 6.11. The summed E-state index contributed by atoms with van der Waals surface area (Å²) in [6, 6.07) is 3.99. The number of methoxy groups -OCH3 is 2. The highest BCUT2D eigenvalue weighted by Gasteiger charge is 2.37. The average molecular weight is 345 g/mol. The van der Waals surface area contributed by atoms with Crippen LogP contribution in [0.4, 0.5) is 0 Å². The summed E-state index contributed by atoms with van der Waals surface area (Å²) < 4.78 is 16.1. The van der Waals surface area contributed by atoms with Crippen molar-refractivity contribution in [3.8, 4) is 11.5 Å². The zero-order valence-electron chi connectivity index (χ0n) is 15.4. The fraction of sp³-hybridized carbons (Fsp3) is 0.600. The number of rotatable bonds is 5. The van der Waals surface area contributed by atoms with E-state index in [1.165, 1.54) is 24.8 Å². The molecule has 5 nitrogen and oxygen atoms in total. The van der Waals surface area contributed by atoms with Crippen LogP contribution < -0.4 is 9.47 Å². The Kier molecular flexibility index (Phi) is 5.30. The van der Waals surface area contributed by atoms with Crippen LogP contribution in [0.25, 0.3) is 0 Å². The molecule has 0 saturated heterocycles. The first-order valence-electron chi connectivity index (χ1n) is 9.10. The summed E-state index contributed by atoms with van der Waals surface area (Å²) in [5.41, 5.74) is 2.92. The van der Waals surface area contributed by atoms with Crippen molar-refractivity contribution in [3.05, 3.63) is 23.3 Å². The highest BCUT2D eigenvalue weighted by Crippen LogP contribution is 2.42. The van der Waals surface area contributed by atoms with Gasteiger partial charge in [0, 0.05) is 5.56 Å². The van der Waals surface area contributed by atoms with Gasteiger partial charge in [-0.1, -0.05) is 19.3 Å². The molecule has 5 heteroatoms. The zero-order chi connectivity index (χ0) is 17.9. The predicted octanol–water partition coefficient (Wildman–Crippen LogP) is 3.71. The summed E-state index contributed by atoms with van der Waals surface area (Å²) in [4.78, 5) is 17.2. The number of hydrogen-bond acceptors (Lipinski definition) is 5. The predicted molar refractivity (Wildman–Crippen MR) is 96.9 cm³/mol. The molecule has 1 fully saturated rings. The molecular weight excluding hydrogens is 318 g/mol. The minimum atomic E-state index is -0.227. The van der Waals surface area contributed by atoms with E-state index in [1.807, 2.05) is 19.1 Å². The third kappa shape index (κ3) is 3.65. The van der Waals surface area contributed by atoms with Crippen LogP contribution >= 0.6 is 0 Å². The first-order valence-corrected chi connectivity index (χ1v) is 9.10. The van der Waals surface area contributed by atoms with Gasteiger partial charge in [0.1, 0.15) is 0 Å². The van der Waals surface area contributed by atoms with Gasteiger partial charge in [-0.15, -0.1) is 0 Å². The van der Waals surface area contributed by atoms with E-state index in [2.05, 4.69) is 0 Å². The van der Waals surface area contributed by atoms with Gasteiger partial charge in [0.2, 0.25) is 0 Å². The topological polar surface area (TPSA) is 57.1 Å². The molecular formula is C20H27NO4. The minimum absolute atomic E-state index is 0.0767. The number of aliphatic imine (C=N–C) groups is 1. The van der Waals surface area contributed by atoms with Gasteiger partial charge in [-0.25, -0.2) is 0 Å². The van der Waals surface area contributed by atoms with Gasteiger partial charge in [-0.2, -0.15) is 0 Å². The van der Waals surface area contributed by atoms with Crippen LogP contribution in [0.15, 0.2) is 17.1 Å². The fourth-order valence-electron chi connectivity index (χ4n) is 4.06. The molecule has 0 radical (unpaired) electrons. The molecule has 1 heterocycles. The molecule has 1 aromatic rings. The van der Waals surface area contributed by atoms with Crippen LogP contribution in [0, 0.1) is 0 Å². The Bertz CT molecular complexity index is 675. The Morgan fingerprint density at radius 1 is 1.12 bits per heavy atom. The van der Waals surface area contributed by atoms with Gasteiger partial charge >= 0.3 is 5.97 Å². The second kappa shape index (κ2) is 7.46. The lowest BCUT2D eigenvalue weighted by atomic mass is 9.74. The van der Waals surface area contributed by atoms with Crippen molar-refractivity contribution in [2.45, 2.75) is 57.4 Å². The molecule has 1 aliphatic carbocycles. The lowest BCUT2D eigenvalue weighted by molar-refractivity contribution is -0.141. The molecule has 0 unspecified atom stereocenters. The SMILES string of the molecule is CCOC(=O)CC1=NC2(CCCCC2)Cc2cc(OC)c(OC)cc21. The zero-order valence-corrected chi connectivity index (χ0v) is 15.4. The monoisotopic (exact) mass is 345 g/mol. The van der Waals surface area contributed by atoms with E-state index in [1.54, 1.807) is 14.2 Å². The molecule has 0 aromatic heterocycles. The van der Waals surface area contributed by atoms with Crippen molar-refractivity contribution < 1.29 is 19.0 Å². The number of nitrogens with zero attached hydrogens (tertiary/aromatic N) is 1. The third-order valence-electron chi connectivity index (χ3n) is 5.21. The molecule has 0 N–H and O–H groups in total. The van der Waals surface area contributed by atoms with Crippen molar-refractivity contribution in [1.29, 1.82) is 0 Å². The standard InChI is InChI=1S/C20H27NO4/c1-4-25-19(22)12-16-15-11-18(24-3)17(23-2)10-14(15)13-20(21-16)8-6-5-7-9-20/h10-11H,4-9,12-13H2,1-3H3. The largest absolute Gasteiger partial charge is 0.493 e. The second-order valence-corrected chi connectivity index (χ2v) is 6.87. The van der Waals surface area contributed by atoms with Crippen LogP contribution in [0.1, 0.15) is 56.6 Å². The van der Waals surface area contributed by atoms with Crippen molar-refractivity contribution in [2.24, 2.45) is 4.99 Å². The number of benzene rings is 1. The van der Waals surface area contributed by atoms with Crippen molar-refractivity contribution in [2.75, 3.05) is 20.8 Å². The maximum absolute atomic E-state index is 12.1. The molecule has 2 aliphatic rings. The molecule has 0 atom stereocenters. The number of fused-ring (bicyclic) bond motifs is 1. The Labute approximate surface area is 149 Å². The van der Waals surface area contributed by atoms with Gasteiger partial charge < -0.3 is 14.2 Å². The Morgan fingerprint density at radius 3 is 2.44 bits per heavy atom. The summed E-state index contributed by atoms with van der Waals surface area (Å²) in [5, 5.41) is 0. The molecule has 0 amide bonds. The van der Waals surface area contributed by atoms with Gasteiger partial charge in [-0.05, 0) is 43.9 Å². The molecule has 0 bridgehead atoms. The molecule has 1 aromatic carbocycles. The number of ether oxygens (including phenoxy) is 3. The van der Waals surface area contributed by atoms with Crippen LogP contribution in [-0.2, 0) is 16.0 Å². The number of hydrogen-bond donors (Lipinski definition) is 0. The molecule has 25 heavy (non-hydrogen) atoms. The maximum atomic E-state index is 12.1. The smallest absolute Gasteiger partial charge is 0.311 e. The van der Waals surface area contributed by atoms with E-state index >= 15 is 0 Å². The quantitative estimate of drug-likeness (QED) is 0.764. The number of carbonyl (C=O) groups excluding carboxylic acids is 1. The number of esters is 1. The normalized spacial score (nSPS) is 18.3. The molecule has 3 rings (SSSR count). The van der Waals surface area contributed by atoms with Crippen molar-refractivity contribution in [1.82, 2.24) is 0 Å². The van der Waals surface area contributed by atoms with E-state index in [-0.39, 0.29) is 17.9 Å². The van der Waals surface area contributed by atoms with E-state index < -0.39 is 0 Å². The Hall–Kier alpha value is -2.04. The van der Waals surface area contributed by atoms with Gasteiger partial charge in [0.05, 0.1) is 38.5 Å². The van der Waals surface area contributed by atoms with Gasteiger partial charge in [0.25, 0.3) is 0 Å². The van der Waals surface area contributed by atoms with E-state index in [0.717, 1.165) is 36.3 Å². The molecule has 1 spiro atoms. The summed E-state index contributed by atoms with van der Waals surface area (Å²) in [6.45, 7) is 2.21. The lowest BCUT2D eigenvalue weighted by Gasteiger charge is -2.38. The van der Waals surface area contributed by atoms with Crippen LogP contribution in [-0.4, -0.2) is 38.0 Å². The fourth-order valence-corrected chi connectivity index (χ4v) is 4.06. The first-order chi connectivity index (χ1) is 12.1. The summed E-state index contributed by atoms with van der Waals surface area (Å²) in [7, 11) is 3.27. The van der Waals surface area contributed by atoms with Crippen LogP contribution in [0.5, 0.6) is 11.5 Å². The van der Waals surface area contributed by atoms with Crippen LogP contribution in [0.3, 0.4) is 0 Å². The maximum Gasteiger partial charge on any atom is 0.311 e. The highest BCUT2D eigenvalue weighted by atomic mass is 16.5. The summed E-state index contributed by atoms with van der Waals surface area (Å²) >= 11 is 0. The Morgan fingerprint density at radius 2 is 1.80 bits per heavy atom. The average Bonchev–Trinajstić information content (AvgIpc) is 2.61. The molecule has 1 saturated carbocycles. The van der Waals surface area contributed by atoms with E-state index in [4.69, 9.17) is 19.2 Å². The first kappa shape index (κ1) is 17.8. The van der Waals surface area contributed by atoms with E-state index in [0.29, 0.717) is 12.4 Å². The van der Waals surface area contributed by atoms with Crippen molar-refractivity contribution >= 4 is 11.7 Å². The molecule has 1 aliphatic heterocycles. The van der Waals surface area contributed by atoms with Gasteiger partial charge in [0.15, 0.2) is 11.5 Å². The second-order valence-electron chi connectivity index (χ2n) is 6.87. The molecule has 136 valence electrons. The van der Waals surface area contributed by atoms with Crippen LogP contribution in [0.2, 0.25) is 0 Å². The Balaban J connectivity index is 2.03. The minimum Gasteiger partial charge on any atom is -0.493 e. The van der Waals surface area contributed by atoms with E-state index in [9.17, 15) is 4.79 Å². The summed E-state index contributed by atoms with van der Waals surface area (Å²) in [5.74, 6) is 1.16. The third-order valence-corrected chi connectivity index (χ3v) is 5.21. The summed E-state index contributed by atoms with van der Waals surface area (Å²) in [6.07, 6.45) is 6.91. The van der Waals surface area contributed by atoms with Crippen molar-refractivity contribution in [3.63, 3.8) is 0 Å². The number of carbonyl (C=O) groups is 1.